The Morgan fingerprint density at radius 2 is 2.12 bits per heavy atom. The smallest absolute Gasteiger partial charge is 0.221 e. The lowest BCUT2D eigenvalue weighted by molar-refractivity contribution is -0.114. The number of anilines is 1. The van der Waals surface area contributed by atoms with Crippen molar-refractivity contribution in [2.45, 2.75) is 19.8 Å². The molecule has 5 heteroatoms. The number of carbonyl (C=O) groups excluding carboxylic acids is 2. The Morgan fingerprint density at radius 3 is 2.71 bits per heavy atom. The summed E-state index contributed by atoms with van der Waals surface area (Å²) in [6.45, 7) is 1.14. The van der Waals surface area contributed by atoms with Crippen LogP contribution in [0.1, 0.15) is 30.1 Å². The van der Waals surface area contributed by atoms with Crippen molar-refractivity contribution in [1.29, 1.82) is 0 Å². The van der Waals surface area contributed by atoms with Crippen LogP contribution in [0, 0.1) is 5.82 Å². The van der Waals surface area contributed by atoms with Gasteiger partial charge in [0.1, 0.15) is 5.82 Å². The van der Waals surface area contributed by atoms with E-state index in [0.29, 0.717) is 6.42 Å². The second-order valence-corrected chi connectivity index (χ2v) is 3.59. The van der Waals surface area contributed by atoms with E-state index < -0.39 is 11.7 Å². The molecule has 0 fully saturated rings. The molecule has 0 bridgehead atoms. The highest BCUT2D eigenvalue weighted by Crippen LogP contribution is 2.21. The van der Waals surface area contributed by atoms with Gasteiger partial charge in [0.15, 0.2) is 5.78 Å². The van der Waals surface area contributed by atoms with Gasteiger partial charge in [-0.1, -0.05) is 6.07 Å². The van der Waals surface area contributed by atoms with Gasteiger partial charge in [0.25, 0.3) is 0 Å². The van der Waals surface area contributed by atoms with Gasteiger partial charge in [0.05, 0.1) is 5.69 Å². The average molecular weight is 239 g/mol. The molecule has 0 radical (unpaired) electrons. The summed E-state index contributed by atoms with van der Waals surface area (Å²) in [5, 5.41) is 10.9. The van der Waals surface area contributed by atoms with Crippen molar-refractivity contribution in [3.05, 3.63) is 29.6 Å². The van der Waals surface area contributed by atoms with Gasteiger partial charge in [-0.2, -0.15) is 0 Å². The number of halogens is 1. The van der Waals surface area contributed by atoms with E-state index in [1.165, 1.54) is 25.1 Å². The minimum Gasteiger partial charge on any atom is -0.396 e. The van der Waals surface area contributed by atoms with Crippen LogP contribution in [0.15, 0.2) is 18.2 Å². The Kier molecular flexibility index (Phi) is 4.78. The molecular formula is C12H14FNO3. The number of rotatable bonds is 5. The number of hydrogen-bond donors (Lipinski definition) is 2. The predicted molar refractivity (Wildman–Crippen MR) is 61.4 cm³/mol. The minimum atomic E-state index is -0.643. The minimum absolute atomic E-state index is 0.0945. The summed E-state index contributed by atoms with van der Waals surface area (Å²) < 4.78 is 13.5. The molecule has 1 amide bonds. The summed E-state index contributed by atoms with van der Waals surface area (Å²) in [7, 11) is 0. The van der Waals surface area contributed by atoms with E-state index in [2.05, 4.69) is 5.32 Å². The number of aliphatic hydroxyl groups is 1. The van der Waals surface area contributed by atoms with Gasteiger partial charge in [-0.05, 0) is 18.6 Å². The zero-order chi connectivity index (χ0) is 12.8. The number of ketones is 1. The molecule has 0 atom stereocenters. The maximum Gasteiger partial charge on any atom is 0.221 e. The first-order valence-electron chi connectivity index (χ1n) is 5.26. The Hall–Kier alpha value is -1.75. The van der Waals surface area contributed by atoms with E-state index in [1.807, 2.05) is 0 Å². The van der Waals surface area contributed by atoms with E-state index in [-0.39, 0.29) is 30.1 Å². The lowest BCUT2D eigenvalue weighted by atomic mass is 10.0. The molecule has 0 aliphatic heterocycles. The van der Waals surface area contributed by atoms with Crippen molar-refractivity contribution in [3.63, 3.8) is 0 Å². The highest BCUT2D eigenvalue weighted by molar-refractivity contribution is 6.04. The number of hydrogen-bond acceptors (Lipinski definition) is 3. The quantitative estimate of drug-likeness (QED) is 0.769. The van der Waals surface area contributed by atoms with Crippen molar-refractivity contribution in [3.8, 4) is 0 Å². The van der Waals surface area contributed by atoms with Crippen LogP contribution >= 0.6 is 0 Å². The van der Waals surface area contributed by atoms with Crippen molar-refractivity contribution >= 4 is 17.4 Å². The van der Waals surface area contributed by atoms with Gasteiger partial charge >= 0.3 is 0 Å². The summed E-state index contributed by atoms with van der Waals surface area (Å²) in [6, 6.07) is 4.04. The van der Waals surface area contributed by atoms with Crippen molar-refractivity contribution in [2.24, 2.45) is 0 Å². The van der Waals surface area contributed by atoms with Crippen LogP contribution in [-0.2, 0) is 4.79 Å². The Labute approximate surface area is 98.5 Å². The zero-order valence-corrected chi connectivity index (χ0v) is 9.50. The highest BCUT2D eigenvalue weighted by Gasteiger charge is 2.15. The third-order valence-electron chi connectivity index (χ3n) is 2.18. The van der Waals surface area contributed by atoms with Crippen LogP contribution in [0.5, 0.6) is 0 Å². The number of nitrogens with one attached hydrogen (secondary N) is 1. The van der Waals surface area contributed by atoms with Crippen LogP contribution in [0.2, 0.25) is 0 Å². The summed E-state index contributed by atoms with van der Waals surface area (Å²) in [6.07, 6.45) is 0.432. The number of benzene rings is 1. The van der Waals surface area contributed by atoms with E-state index in [1.54, 1.807) is 0 Å². The molecule has 92 valence electrons. The maximum absolute atomic E-state index is 13.5. The fourth-order valence-electron chi connectivity index (χ4n) is 1.43. The molecule has 17 heavy (non-hydrogen) atoms. The van der Waals surface area contributed by atoms with Gasteiger partial charge in [-0.15, -0.1) is 0 Å². The van der Waals surface area contributed by atoms with Crippen molar-refractivity contribution < 1.29 is 19.1 Å². The van der Waals surface area contributed by atoms with Crippen LogP contribution in [0.25, 0.3) is 0 Å². The van der Waals surface area contributed by atoms with Crippen LogP contribution in [0.4, 0.5) is 10.1 Å². The monoisotopic (exact) mass is 239 g/mol. The average Bonchev–Trinajstić information content (AvgIpc) is 2.28. The summed E-state index contributed by atoms with van der Waals surface area (Å²) >= 11 is 0. The van der Waals surface area contributed by atoms with Crippen molar-refractivity contribution in [1.82, 2.24) is 0 Å². The lowest BCUT2D eigenvalue weighted by Gasteiger charge is -2.09. The molecule has 0 saturated carbocycles. The first kappa shape index (κ1) is 13.3. The first-order valence-corrected chi connectivity index (χ1v) is 5.26. The predicted octanol–water partition coefficient (Wildman–Crippen LogP) is 1.74. The van der Waals surface area contributed by atoms with Gasteiger partial charge in [0, 0.05) is 25.5 Å². The molecule has 1 rings (SSSR count). The summed E-state index contributed by atoms with van der Waals surface area (Å²) in [5.41, 5.74) is 0.0385. The normalized spacial score (nSPS) is 10.1. The third kappa shape index (κ3) is 3.64. The van der Waals surface area contributed by atoms with Crippen LogP contribution < -0.4 is 5.32 Å². The molecule has 1 aromatic carbocycles. The highest BCUT2D eigenvalue weighted by atomic mass is 19.1. The number of aliphatic hydroxyl groups excluding tert-OH is 1. The van der Waals surface area contributed by atoms with Crippen molar-refractivity contribution in [2.75, 3.05) is 11.9 Å². The van der Waals surface area contributed by atoms with Gasteiger partial charge in [-0.3, -0.25) is 9.59 Å². The number of carbonyl (C=O) groups is 2. The molecule has 4 nitrogen and oxygen atoms in total. The van der Waals surface area contributed by atoms with Crippen LogP contribution in [-0.4, -0.2) is 23.4 Å². The molecule has 0 saturated heterocycles. The second-order valence-electron chi connectivity index (χ2n) is 3.59. The Morgan fingerprint density at radius 1 is 1.41 bits per heavy atom. The number of para-hydroxylation sites is 1. The van der Waals surface area contributed by atoms with E-state index in [0.717, 1.165) is 0 Å². The molecule has 0 heterocycles. The van der Waals surface area contributed by atoms with Crippen LogP contribution in [0.3, 0.4) is 0 Å². The zero-order valence-electron chi connectivity index (χ0n) is 9.50. The standard InChI is InChI=1S/C12H14FNO3/c1-8(16)14-12-9(4-2-5-10(12)13)11(17)6-3-7-15/h2,4-5,15H,3,6-7H2,1H3,(H,14,16). The SMILES string of the molecule is CC(=O)Nc1c(F)cccc1C(=O)CCCO. The first-order chi connectivity index (χ1) is 8.06. The molecule has 0 spiro atoms. The van der Waals surface area contributed by atoms with Gasteiger partial charge in [-0.25, -0.2) is 4.39 Å². The topological polar surface area (TPSA) is 66.4 Å². The van der Waals surface area contributed by atoms with Gasteiger partial charge in [0.2, 0.25) is 5.91 Å². The largest absolute Gasteiger partial charge is 0.396 e. The van der Waals surface area contributed by atoms with E-state index in [4.69, 9.17) is 5.11 Å². The Bertz CT molecular complexity index is 432. The fraction of sp³-hybridized carbons (Fsp3) is 0.333. The molecule has 0 unspecified atom stereocenters. The molecule has 1 aromatic rings. The van der Waals surface area contributed by atoms with E-state index >= 15 is 0 Å². The summed E-state index contributed by atoms with van der Waals surface area (Å²) in [4.78, 5) is 22.7. The fourth-order valence-corrected chi connectivity index (χ4v) is 1.43. The third-order valence-corrected chi connectivity index (χ3v) is 2.18. The molecule has 2 N–H and O–H groups in total. The number of Topliss-reactive ketones (excluding diaryl/α,β-unsaturated/α-hetero) is 1. The molecule has 0 aliphatic carbocycles. The Balaban J connectivity index is 3.01. The molecule has 0 aliphatic rings. The summed E-state index contributed by atoms with van der Waals surface area (Å²) in [5.74, 6) is -1.39. The maximum atomic E-state index is 13.5. The van der Waals surface area contributed by atoms with Gasteiger partial charge < -0.3 is 10.4 Å². The lowest BCUT2D eigenvalue weighted by Crippen LogP contribution is -2.13. The van der Waals surface area contributed by atoms with E-state index in [9.17, 15) is 14.0 Å². The molecular weight excluding hydrogens is 225 g/mol. The number of amides is 1. The molecule has 0 aromatic heterocycles. The second kappa shape index (κ2) is 6.10.